The highest BCUT2D eigenvalue weighted by molar-refractivity contribution is 9.10. The minimum atomic E-state index is 0.323. The number of halogens is 1. The van der Waals surface area contributed by atoms with Gasteiger partial charge in [0.05, 0.1) is 0 Å². The number of hydrogen-bond acceptors (Lipinski definition) is 2. The van der Waals surface area contributed by atoms with E-state index >= 15 is 0 Å². The van der Waals surface area contributed by atoms with Crippen molar-refractivity contribution < 1.29 is 0 Å². The lowest BCUT2D eigenvalue weighted by molar-refractivity contribution is 0.468. The zero-order chi connectivity index (χ0) is 14.1. The highest BCUT2D eigenvalue weighted by atomic mass is 79.9. The lowest BCUT2D eigenvalue weighted by Crippen LogP contribution is -2.24. The summed E-state index contributed by atoms with van der Waals surface area (Å²) in [6, 6.07) is 11.1. The molecule has 0 spiro atoms. The SMILES string of the molecule is CNC(c1cc(Br)ccc1C)C1CCc2cccnc21. The summed E-state index contributed by atoms with van der Waals surface area (Å²) in [5.41, 5.74) is 5.37. The fourth-order valence-corrected chi connectivity index (χ4v) is 3.67. The molecule has 3 rings (SSSR count). The second kappa shape index (κ2) is 5.66. The number of pyridine rings is 1. The van der Waals surface area contributed by atoms with E-state index < -0.39 is 0 Å². The van der Waals surface area contributed by atoms with Gasteiger partial charge in [0, 0.05) is 28.3 Å². The van der Waals surface area contributed by atoms with Crippen LogP contribution in [0, 0.1) is 6.92 Å². The van der Waals surface area contributed by atoms with Crippen LogP contribution in [0.3, 0.4) is 0 Å². The monoisotopic (exact) mass is 330 g/mol. The Bertz CT molecular complexity index is 624. The average molecular weight is 331 g/mol. The van der Waals surface area contributed by atoms with Crippen molar-refractivity contribution in [2.75, 3.05) is 7.05 Å². The Morgan fingerprint density at radius 3 is 3.00 bits per heavy atom. The van der Waals surface area contributed by atoms with E-state index in [1.807, 2.05) is 19.3 Å². The molecule has 2 unspecified atom stereocenters. The van der Waals surface area contributed by atoms with Gasteiger partial charge in [-0.1, -0.05) is 28.1 Å². The Balaban J connectivity index is 2.01. The topological polar surface area (TPSA) is 24.9 Å². The summed E-state index contributed by atoms with van der Waals surface area (Å²) in [5.74, 6) is 0.462. The van der Waals surface area contributed by atoms with Crippen LogP contribution in [0.2, 0.25) is 0 Å². The van der Waals surface area contributed by atoms with Crippen molar-refractivity contribution in [3.8, 4) is 0 Å². The first-order valence-corrected chi connectivity index (χ1v) is 7.87. The summed E-state index contributed by atoms with van der Waals surface area (Å²) in [6.07, 6.45) is 4.22. The summed E-state index contributed by atoms with van der Waals surface area (Å²) in [7, 11) is 2.05. The van der Waals surface area contributed by atoms with Crippen LogP contribution in [-0.4, -0.2) is 12.0 Å². The summed E-state index contributed by atoms with van der Waals surface area (Å²) in [5, 5.41) is 3.51. The van der Waals surface area contributed by atoms with Gasteiger partial charge >= 0.3 is 0 Å². The largest absolute Gasteiger partial charge is 0.312 e. The number of aromatic nitrogens is 1. The maximum Gasteiger partial charge on any atom is 0.0485 e. The smallest absolute Gasteiger partial charge is 0.0485 e. The van der Waals surface area contributed by atoms with Gasteiger partial charge in [0.25, 0.3) is 0 Å². The van der Waals surface area contributed by atoms with E-state index in [0.29, 0.717) is 12.0 Å². The molecule has 2 aromatic rings. The van der Waals surface area contributed by atoms with Gasteiger partial charge < -0.3 is 5.32 Å². The lowest BCUT2D eigenvalue weighted by Gasteiger charge is -2.25. The van der Waals surface area contributed by atoms with Crippen molar-refractivity contribution in [3.63, 3.8) is 0 Å². The molecule has 1 N–H and O–H groups in total. The van der Waals surface area contributed by atoms with Gasteiger partial charge in [-0.25, -0.2) is 0 Å². The first-order chi connectivity index (χ1) is 9.70. The number of nitrogens with one attached hydrogen (secondary N) is 1. The van der Waals surface area contributed by atoms with Gasteiger partial charge in [-0.2, -0.15) is 0 Å². The van der Waals surface area contributed by atoms with Crippen LogP contribution in [0.15, 0.2) is 41.0 Å². The highest BCUT2D eigenvalue weighted by Crippen LogP contribution is 2.41. The third-order valence-corrected chi connectivity index (χ3v) is 4.78. The Hall–Kier alpha value is -1.19. The van der Waals surface area contributed by atoms with Crippen molar-refractivity contribution in [1.82, 2.24) is 10.3 Å². The molecule has 0 fully saturated rings. The minimum absolute atomic E-state index is 0.323. The molecule has 1 aliphatic rings. The second-order valence-corrected chi connectivity index (χ2v) is 6.38. The normalized spacial score (nSPS) is 18.9. The average Bonchev–Trinajstić information content (AvgIpc) is 2.88. The maximum absolute atomic E-state index is 4.64. The Labute approximate surface area is 128 Å². The first-order valence-electron chi connectivity index (χ1n) is 7.08. The molecule has 1 aromatic carbocycles. The summed E-state index contributed by atoms with van der Waals surface area (Å²) >= 11 is 3.59. The van der Waals surface area contributed by atoms with Crippen LogP contribution in [0.1, 0.15) is 40.8 Å². The molecule has 20 heavy (non-hydrogen) atoms. The van der Waals surface area contributed by atoms with Crippen LogP contribution in [-0.2, 0) is 6.42 Å². The minimum Gasteiger partial charge on any atom is -0.312 e. The summed E-state index contributed by atoms with van der Waals surface area (Å²) in [4.78, 5) is 4.64. The fourth-order valence-electron chi connectivity index (χ4n) is 3.29. The van der Waals surface area contributed by atoms with E-state index in [0.717, 1.165) is 10.9 Å². The first kappa shape index (κ1) is 13.8. The summed E-state index contributed by atoms with van der Waals surface area (Å²) in [6.45, 7) is 2.18. The Kier molecular flexibility index (Phi) is 3.90. The number of likely N-dealkylation sites (N-methyl/N-ethyl adjacent to an activating group) is 1. The number of rotatable bonds is 3. The standard InChI is InChI=1S/C17H19BrN2/c1-11-5-7-13(18)10-15(11)17(19-2)14-8-6-12-4-3-9-20-16(12)14/h3-5,7,9-10,14,17,19H,6,8H2,1-2H3. The molecule has 104 valence electrons. The number of benzene rings is 1. The molecule has 1 aliphatic carbocycles. The van der Waals surface area contributed by atoms with Crippen molar-refractivity contribution in [3.05, 3.63) is 63.4 Å². The third kappa shape index (κ3) is 2.40. The van der Waals surface area contributed by atoms with Crippen LogP contribution in [0.4, 0.5) is 0 Å². The number of aryl methyl sites for hydroxylation is 2. The van der Waals surface area contributed by atoms with E-state index in [1.54, 1.807) is 0 Å². The Morgan fingerprint density at radius 2 is 2.20 bits per heavy atom. The van der Waals surface area contributed by atoms with Crippen molar-refractivity contribution in [2.24, 2.45) is 0 Å². The maximum atomic E-state index is 4.64. The van der Waals surface area contributed by atoms with Gasteiger partial charge in [-0.3, -0.25) is 4.98 Å². The molecule has 2 nitrogen and oxygen atoms in total. The van der Waals surface area contributed by atoms with Crippen molar-refractivity contribution >= 4 is 15.9 Å². The number of hydrogen-bond donors (Lipinski definition) is 1. The molecule has 1 aromatic heterocycles. The van der Waals surface area contributed by atoms with Crippen LogP contribution >= 0.6 is 15.9 Å². The van der Waals surface area contributed by atoms with E-state index in [4.69, 9.17) is 0 Å². The zero-order valence-corrected chi connectivity index (χ0v) is 13.4. The molecule has 0 amide bonds. The predicted molar refractivity (Wildman–Crippen MR) is 86.0 cm³/mol. The van der Waals surface area contributed by atoms with Gasteiger partial charge in [0.2, 0.25) is 0 Å². The molecule has 0 radical (unpaired) electrons. The fraction of sp³-hybridized carbons (Fsp3) is 0.353. The number of nitrogens with zero attached hydrogens (tertiary/aromatic N) is 1. The molecular weight excluding hydrogens is 312 g/mol. The van der Waals surface area contributed by atoms with Crippen LogP contribution in [0.25, 0.3) is 0 Å². The molecule has 0 saturated heterocycles. The van der Waals surface area contributed by atoms with E-state index in [9.17, 15) is 0 Å². The quantitative estimate of drug-likeness (QED) is 0.914. The molecule has 1 heterocycles. The predicted octanol–water partition coefficient (Wildman–Crippen LogP) is 4.14. The third-order valence-electron chi connectivity index (χ3n) is 4.29. The molecule has 0 aliphatic heterocycles. The Morgan fingerprint density at radius 1 is 1.35 bits per heavy atom. The van der Waals surface area contributed by atoms with Crippen molar-refractivity contribution in [1.29, 1.82) is 0 Å². The molecule has 3 heteroatoms. The highest BCUT2D eigenvalue weighted by Gasteiger charge is 2.31. The van der Waals surface area contributed by atoms with Crippen LogP contribution < -0.4 is 5.32 Å². The molecular formula is C17H19BrN2. The lowest BCUT2D eigenvalue weighted by atomic mass is 9.88. The van der Waals surface area contributed by atoms with Crippen molar-refractivity contribution in [2.45, 2.75) is 31.7 Å². The molecule has 2 atom stereocenters. The van der Waals surface area contributed by atoms with E-state index in [-0.39, 0.29) is 0 Å². The number of fused-ring (bicyclic) bond motifs is 1. The van der Waals surface area contributed by atoms with E-state index in [2.05, 4.69) is 57.4 Å². The molecule has 0 bridgehead atoms. The van der Waals surface area contributed by atoms with Gasteiger partial charge in [-0.15, -0.1) is 0 Å². The van der Waals surface area contributed by atoms with Gasteiger partial charge in [0.1, 0.15) is 0 Å². The summed E-state index contributed by atoms with van der Waals surface area (Å²) < 4.78 is 1.14. The molecule has 0 saturated carbocycles. The van der Waals surface area contributed by atoms with Gasteiger partial charge in [0.15, 0.2) is 0 Å². The second-order valence-electron chi connectivity index (χ2n) is 5.46. The van der Waals surface area contributed by atoms with E-state index in [1.165, 1.54) is 28.8 Å². The van der Waals surface area contributed by atoms with Crippen LogP contribution in [0.5, 0.6) is 0 Å². The zero-order valence-electron chi connectivity index (χ0n) is 11.9. The van der Waals surface area contributed by atoms with Gasteiger partial charge in [-0.05, 0) is 61.7 Å².